The summed E-state index contributed by atoms with van der Waals surface area (Å²) in [6, 6.07) is 4.29. The van der Waals surface area contributed by atoms with Gasteiger partial charge in [0.1, 0.15) is 5.82 Å². The van der Waals surface area contributed by atoms with Crippen molar-refractivity contribution in [3.05, 3.63) is 34.2 Å². The molecule has 0 saturated heterocycles. The molecule has 0 amide bonds. The molecule has 0 fully saturated rings. The van der Waals surface area contributed by atoms with Crippen molar-refractivity contribution in [3.8, 4) is 0 Å². The third-order valence-corrected chi connectivity index (χ3v) is 5.61. The highest BCUT2D eigenvalue weighted by Gasteiger charge is 2.18. The average Bonchev–Trinajstić information content (AvgIpc) is 3.23. The van der Waals surface area contributed by atoms with E-state index in [4.69, 9.17) is 9.37 Å². The van der Waals surface area contributed by atoms with Crippen LogP contribution in [0.4, 0.5) is 10.1 Å². The van der Waals surface area contributed by atoms with E-state index in [0.717, 1.165) is 5.75 Å². The molecule has 14 heteroatoms. The normalized spacial score (nSPS) is 12.1. The van der Waals surface area contributed by atoms with Crippen molar-refractivity contribution in [3.63, 3.8) is 0 Å². The van der Waals surface area contributed by atoms with Crippen LogP contribution in [0.25, 0.3) is 0 Å². The fourth-order valence-corrected chi connectivity index (χ4v) is 3.63. The number of rotatable bonds is 11. The second-order valence-corrected chi connectivity index (χ2v) is 8.63. The number of methoxy groups -OCH3 is 1. The fraction of sp³-hybridized carbons (Fsp3) is 0.412. The van der Waals surface area contributed by atoms with Gasteiger partial charge in [-0.1, -0.05) is 23.8 Å². The highest BCUT2D eigenvalue weighted by Crippen LogP contribution is 2.23. The Hall–Kier alpha value is -2.03. The summed E-state index contributed by atoms with van der Waals surface area (Å²) in [6.07, 6.45) is 0. The maximum absolute atomic E-state index is 13.4. The van der Waals surface area contributed by atoms with E-state index in [2.05, 4.69) is 51.7 Å². The third kappa shape index (κ3) is 8.55. The molecule has 0 bridgehead atoms. The molecule has 0 saturated carbocycles. The number of thioether (sulfide) groups is 1. The summed E-state index contributed by atoms with van der Waals surface area (Å²) >= 11 is 5.92. The van der Waals surface area contributed by atoms with Crippen LogP contribution in [0.5, 0.6) is 0 Å². The van der Waals surface area contributed by atoms with Crippen LogP contribution in [0.2, 0.25) is 0 Å². The van der Waals surface area contributed by atoms with Crippen LogP contribution in [0.3, 0.4) is 0 Å². The summed E-state index contributed by atoms with van der Waals surface area (Å²) in [5, 5.41) is 30.0. The highest BCUT2D eigenvalue weighted by molar-refractivity contribution is 9.10. The first-order chi connectivity index (χ1) is 15.1. The molecular formula is C17H23BrFN7O3S2. The van der Waals surface area contributed by atoms with Crippen LogP contribution in [-0.2, 0) is 4.74 Å². The number of amidine groups is 1. The Morgan fingerprint density at radius 3 is 2.84 bits per heavy atom. The predicted molar refractivity (Wildman–Crippen MR) is 125 cm³/mol. The first-order valence-electron chi connectivity index (χ1n) is 9.15. The van der Waals surface area contributed by atoms with Gasteiger partial charge in [0, 0.05) is 37.4 Å². The van der Waals surface area contributed by atoms with Crippen molar-refractivity contribution < 1.29 is 19.0 Å². The maximum atomic E-state index is 13.4. The van der Waals surface area contributed by atoms with Gasteiger partial charge in [0.25, 0.3) is 0 Å². The molecule has 1 aromatic heterocycles. The molecule has 2 aromatic rings. The molecule has 0 atom stereocenters. The molecular weight excluding hydrogens is 513 g/mol. The number of oxime groups is 1. The molecule has 2 rings (SSSR count). The summed E-state index contributed by atoms with van der Waals surface area (Å²) in [4.78, 5) is 0. The molecule has 31 heavy (non-hydrogen) atoms. The van der Waals surface area contributed by atoms with E-state index in [0.29, 0.717) is 42.1 Å². The smallest absolute Gasteiger partial charge is 0.203 e. The quantitative estimate of drug-likeness (QED) is 0.0647. The number of nitrogens with zero attached hydrogens (tertiary/aromatic N) is 4. The fourth-order valence-electron chi connectivity index (χ4n) is 2.11. The molecule has 0 aliphatic heterocycles. The molecule has 170 valence electrons. The number of nitrogens with one attached hydrogen (secondary N) is 3. The van der Waals surface area contributed by atoms with Crippen molar-refractivity contribution in [2.45, 2.75) is 11.9 Å². The summed E-state index contributed by atoms with van der Waals surface area (Å²) in [6.45, 7) is 3.82. The lowest BCUT2D eigenvalue weighted by molar-refractivity contribution is 0.203. The van der Waals surface area contributed by atoms with Crippen molar-refractivity contribution in [2.24, 2.45) is 9.55 Å². The zero-order valence-electron chi connectivity index (χ0n) is 16.9. The highest BCUT2D eigenvalue weighted by atomic mass is 79.9. The van der Waals surface area contributed by atoms with Crippen LogP contribution < -0.4 is 16.0 Å². The Labute approximate surface area is 196 Å². The van der Waals surface area contributed by atoms with E-state index in [1.54, 1.807) is 7.11 Å². The van der Waals surface area contributed by atoms with E-state index in [1.807, 2.05) is 6.92 Å². The van der Waals surface area contributed by atoms with Gasteiger partial charge in [-0.25, -0.2) is 9.02 Å². The molecule has 10 nitrogen and oxygen atoms in total. The lowest BCUT2D eigenvalue weighted by atomic mass is 10.3. The number of anilines is 1. The molecule has 1 heterocycles. The minimum atomic E-state index is -0.406. The second-order valence-electron chi connectivity index (χ2n) is 5.67. The van der Waals surface area contributed by atoms with Crippen molar-refractivity contribution in [1.82, 2.24) is 20.9 Å². The van der Waals surface area contributed by atoms with Crippen LogP contribution in [0, 0.1) is 5.82 Å². The summed E-state index contributed by atoms with van der Waals surface area (Å²) in [5.41, 5.74) is 0.736. The topological polar surface area (TPSA) is 129 Å². The summed E-state index contributed by atoms with van der Waals surface area (Å²) < 4.78 is 27.9. The standard InChI is InChI=1S/C17H23BrFN7O3S2/c1-3-31-26-17(20-6-8-28-2)21-7-9-30-16-14(24-29-25-16)15(23-27)22-11-4-5-13(19)12(18)10-11/h4-5,10,27H,3,6-9H2,1-2H3,(H,22,23)(H2,20,21,26). The lowest BCUT2D eigenvalue weighted by Gasteiger charge is -2.11. The Kier molecular flexibility index (Phi) is 11.5. The molecule has 4 N–H and O–H groups in total. The van der Waals surface area contributed by atoms with Gasteiger partial charge in [-0.05, 0) is 56.4 Å². The van der Waals surface area contributed by atoms with E-state index >= 15 is 0 Å². The Balaban J connectivity index is 1.92. The van der Waals surface area contributed by atoms with Gasteiger partial charge in [0.15, 0.2) is 10.7 Å². The van der Waals surface area contributed by atoms with Crippen LogP contribution in [0.1, 0.15) is 12.6 Å². The number of hydrogen-bond donors (Lipinski definition) is 4. The molecule has 0 aliphatic carbocycles. The maximum Gasteiger partial charge on any atom is 0.203 e. The van der Waals surface area contributed by atoms with Gasteiger partial charge in [-0.3, -0.25) is 0 Å². The first-order valence-corrected chi connectivity index (χ1v) is 11.9. The molecule has 1 aromatic carbocycles. The molecule has 0 radical (unpaired) electrons. The average molecular weight is 536 g/mol. The lowest BCUT2D eigenvalue weighted by Crippen LogP contribution is -2.39. The van der Waals surface area contributed by atoms with Crippen LogP contribution in [0.15, 0.2) is 41.9 Å². The Morgan fingerprint density at radius 2 is 2.13 bits per heavy atom. The largest absolute Gasteiger partial charge is 0.409 e. The van der Waals surface area contributed by atoms with Gasteiger partial charge < -0.3 is 25.9 Å². The minimum Gasteiger partial charge on any atom is -0.409 e. The molecule has 0 aliphatic rings. The number of benzene rings is 1. The van der Waals surface area contributed by atoms with Gasteiger partial charge in [0.05, 0.1) is 11.1 Å². The Morgan fingerprint density at radius 1 is 1.32 bits per heavy atom. The zero-order valence-corrected chi connectivity index (χ0v) is 20.1. The van der Waals surface area contributed by atoms with Gasteiger partial charge in [-0.15, -0.1) is 0 Å². The number of ether oxygens (including phenoxy) is 1. The molecule has 0 unspecified atom stereocenters. The van der Waals surface area contributed by atoms with E-state index < -0.39 is 5.82 Å². The number of halogens is 2. The SMILES string of the molecule is CCS/N=C(\NCCOC)NCCSc1nonc1/C(=N/O)Nc1ccc(F)c(Br)c1. The predicted octanol–water partition coefficient (Wildman–Crippen LogP) is 3.16. The number of guanidine groups is 1. The van der Waals surface area contributed by atoms with Crippen LogP contribution >= 0.6 is 39.6 Å². The summed E-state index contributed by atoms with van der Waals surface area (Å²) in [5.74, 6) is 1.77. The number of aromatic nitrogens is 2. The minimum absolute atomic E-state index is 0.0260. The zero-order chi connectivity index (χ0) is 22.5. The van der Waals surface area contributed by atoms with E-state index in [-0.39, 0.29) is 16.0 Å². The first kappa shape index (κ1) is 25.2. The van der Waals surface area contributed by atoms with E-state index in [9.17, 15) is 9.60 Å². The van der Waals surface area contributed by atoms with Crippen molar-refractivity contribution >= 4 is 57.1 Å². The van der Waals surface area contributed by atoms with Crippen LogP contribution in [-0.4, -0.2) is 65.6 Å². The second kappa shape index (κ2) is 14.1. The number of hydrogen-bond acceptors (Lipinski definition) is 9. The third-order valence-electron chi connectivity index (χ3n) is 3.48. The van der Waals surface area contributed by atoms with Gasteiger partial charge in [0.2, 0.25) is 11.8 Å². The van der Waals surface area contributed by atoms with Crippen molar-refractivity contribution in [2.75, 3.05) is 43.6 Å². The van der Waals surface area contributed by atoms with E-state index in [1.165, 1.54) is 41.9 Å². The van der Waals surface area contributed by atoms with Gasteiger partial charge >= 0.3 is 0 Å². The molecule has 0 spiro atoms. The van der Waals surface area contributed by atoms with Crippen molar-refractivity contribution in [1.29, 1.82) is 0 Å². The Bertz CT molecular complexity index is 885. The van der Waals surface area contributed by atoms with Gasteiger partial charge in [-0.2, -0.15) is 4.40 Å². The monoisotopic (exact) mass is 535 g/mol. The summed E-state index contributed by atoms with van der Waals surface area (Å²) in [7, 11) is 1.64.